The van der Waals surface area contributed by atoms with Gasteiger partial charge < -0.3 is 10.6 Å². The lowest BCUT2D eigenvalue weighted by Crippen LogP contribution is -2.23. The maximum atomic E-state index is 13.4. The van der Waals surface area contributed by atoms with E-state index in [1.807, 2.05) is 18.2 Å². The molecule has 104 valence electrons. The number of benzene rings is 2. The molecule has 0 aliphatic carbocycles. The Kier molecular flexibility index (Phi) is 4.89. The molecular formula is C14H11F2IN2O. The first-order valence-corrected chi connectivity index (χ1v) is 6.87. The minimum absolute atomic E-state index is 0.0755. The van der Waals surface area contributed by atoms with Crippen molar-refractivity contribution in [3.05, 3.63) is 57.7 Å². The Bertz CT molecular complexity index is 614. The van der Waals surface area contributed by atoms with Crippen molar-refractivity contribution in [2.45, 2.75) is 0 Å². The zero-order valence-corrected chi connectivity index (χ0v) is 12.4. The van der Waals surface area contributed by atoms with E-state index in [1.54, 1.807) is 6.07 Å². The van der Waals surface area contributed by atoms with Gasteiger partial charge in [-0.15, -0.1) is 0 Å². The second-order valence-electron chi connectivity index (χ2n) is 4.01. The van der Waals surface area contributed by atoms with Crippen LogP contribution in [0.15, 0.2) is 42.5 Å². The van der Waals surface area contributed by atoms with E-state index in [2.05, 4.69) is 33.2 Å². The van der Waals surface area contributed by atoms with Crippen LogP contribution in [0.2, 0.25) is 0 Å². The predicted octanol–water partition coefficient (Wildman–Crippen LogP) is 3.62. The SMILES string of the molecule is O=C(CNc1cccc(I)c1)Nc1c(F)cccc1F. The maximum Gasteiger partial charge on any atom is 0.243 e. The third-order valence-electron chi connectivity index (χ3n) is 2.50. The van der Waals surface area contributed by atoms with Gasteiger partial charge in [-0.2, -0.15) is 0 Å². The number of rotatable bonds is 4. The summed E-state index contributed by atoms with van der Waals surface area (Å²) in [5.74, 6) is -2.12. The molecule has 0 atom stereocenters. The van der Waals surface area contributed by atoms with Gasteiger partial charge in [0.1, 0.15) is 17.3 Å². The van der Waals surface area contributed by atoms with Crippen molar-refractivity contribution < 1.29 is 13.6 Å². The average molecular weight is 388 g/mol. The molecule has 0 saturated heterocycles. The molecule has 0 spiro atoms. The number of carbonyl (C=O) groups excluding carboxylic acids is 1. The molecule has 20 heavy (non-hydrogen) atoms. The van der Waals surface area contributed by atoms with E-state index in [0.29, 0.717) is 0 Å². The Morgan fingerprint density at radius 1 is 1.10 bits per heavy atom. The van der Waals surface area contributed by atoms with Gasteiger partial charge in [0.05, 0.1) is 6.54 Å². The van der Waals surface area contributed by atoms with Crippen molar-refractivity contribution >= 4 is 39.9 Å². The lowest BCUT2D eigenvalue weighted by atomic mass is 10.3. The summed E-state index contributed by atoms with van der Waals surface area (Å²) in [7, 11) is 0. The summed E-state index contributed by atoms with van der Waals surface area (Å²) in [4.78, 5) is 11.7. The van der Waals surface area contributed by atoms with Gasteiger partial charge in [0.25, 0.3) is 0 Å². The van der Waals surface area contributed by atoms with Crippen LogP contribution in [0.4, 0.5) is 20.2 Å². The molecule has 1 amide bonds. The van der Waals surface area contributed by atoms with E-state index >= 15 is 0 Å². The van der Waals surface area contributed by atoms with Crippen molar-refractivity contribution in [1.29, 1.82) is 0 Å². The van der Waals surface area contributed by atoms with Gasteiger partial charge in [-0.1, -0.05) is 12.1 Å². The van der Waals surface area contributed by atoms with E-state index in [9.17, 15) is 13.6 Å². The quantitative estimate of drug-likeness (QED) is 0.786. The molecule has 2 rings (SSSR count). The number of nitrogens with one attached hydrogen (secondary N) is 2. The second kappa shape index (κ2) is 6.65. The highest BCUT2D eigenvalue weighted by Gasteiger charge is 2.11. The van der Waals surface area contributed by atoms with Crippen molar-refractivity contribution in [2.24, 2.45) is 0 Å². The van der Waals surface area contributed by atoms with Gasteiger partial charge in [-0.3, -0.25) is 4.79 Å². The topological polar surface area (TPSA) is 41.1 Å². The standard InChI is InChI=1S/C14H11F2IN2O/c15-11-5-2-6-12(16)14(11)19-13(20)8-18-10-4-1-3-9(17)7-10/h1-7,18H,8H2,(H,19,20). The Balaban J connectivity index is 1.96. The van der Waals surface area contributed by atoms with Crippen LogP contribution >= 0.6 is 22.6 Å². The molecule has 0 fully saturated rings. The zero-order chi connectivity index (χ0) is 14.5. The number of amides is 1. The fourth-order valence-electron chi connectivity index (χ4n) is 1.58. The van der Waals surface area contributed by atoms with Gasteiger partial charge in [0.15, 0.2) is 0 Å². The van der Waals surface area contributed by atoms with Crippen molar-refractivity contribution in [3.63, 3.8) is 0 Å². The van der Waals surface area contributed by atoms with Crippen LogP contribution in [0, 0.1) is 15.2 Å². The maximum absolute atomic E-state index is 13.4. The summed E-state index contributed by atoms with van der Waals surface area (Å²) in [5, 5.41) is 5.09. The fourth-order valence-corrected chi connectivity index (χ4v) is 2.12. The fraction of sp³-hybridized carbons (Fsp3) is 0.0714. The molecule has 3 nitrogen and oxygen atoms in total. The van der Waals surface area contributed by atoms with E-state index in [1.165, 1.54) is 6.07 Å². The van der Waals surface area contributed by atoms with Gasteiger partial charge in [0.2, 0.25) is 5.91 Å². The highest BCUT2D eigenvalue weighted by molar-refractivity contribution is 14.1. The monoisotopic (exact) mass is 388 g/mol. The predicted molar refractivity (Wildman–Crippen MR) is 82.6 cm³/mol. The smallest absolute Gasteiger partial charge is 0.243 e. The van der Waals surface area contributed by atoms with E-state index in [4.69, 9.17) is 0 Å². The lowest BCUT2D eigenvalue weighted by molar-refractivity contribution is -0.114. The van der Waals surface area contributed by atoms with Crippen molar-refractivity contribution in [2.75, 3.05) is 17.2 Å². The summed E-state index contributed by atoms with van der Waals surface area (Å²) in [6.45, 7) is -0.0755. The third-order valence-corrected chi connectivity index (χ3v) is 3.18. The normalized spacial score (nSPS) is 10.2. The number of hydrogen-bond donors (Lipinski definition) is 2. The molecular weight excluding hydrogens is 377 g/mol. The summed E-state index contributed by atoms with van der Waals surface area (Å²) < 4.78 is 27.7. The number of hydrogen-bond acceptors (Lipinski definition) is 2. The Labute approximate surface area is 128 Å². The average Bonchev–Trinajstić information content (AvgIpc) is 2.41. The Morgan fingerprint density at radius 3 is 2.40 bits per heavy atom. The first kappa shape index (κ1) is 14.7. The summed E-state index contributed by atoms with van der Waals surface area (Å²) in [6.07, 6.45) is 0. The molecule has 0 radical (unpaired) electrons. The molecule has 0 bridgehead atoms. The highest BCUT2D eigenvalue weighted by atomic mass is 127. The Morgan fingerprint density at radius 2 is 1.75 bits per heavy atom. The molecule has 0 aliphatic rings. The summed E-state index contributed by atoms with van der Waals surface area (Å²) in [6, 6.07) is 10.8. The number of carbonyl (C=O) groups is 1. The van der Waals surface area contributed by atoms with E-state index in [-0.39, 0.29) is 6.54 Å². The molecule has 2 aromatic carbocycles. The largest absolute Gasteiger partial charge is 0.376 e. The Hall–Kier alpha value is -1.70. The minimum Gasteiger partial charge on any atom is -0.376 e. The highest BCUT2D eigenvalue weighted by Crippen LogP contribution is 2.18. The molecule has 0 unspecified atom stereocenters. The van der Waals surface area contributed by atoms with E-state index < -0.39 is 23.2 Å². The molecule has 2 N–H and O–H groups in total. The van der Waals surface area contributed by atoms with Gasteiger partial charge >= 0.3 is 0 Å². The minimum atomic E-state index is -0.799. The zero-order valence-electron chi connectivity index (χ0n) is 10.3. The first-order valence-electron chi connectivity index (χ1n) is 5.79. The van der Waals surface area contributed by atoms with Crippen LogP contribution in [0.3, 0.4) is 0 Å². The van der Waals surface area contributed by atoms with Crippen LogP contribution in [0.1, 0.15) is 0 Å². The number of anilines is 2. The number of para-hydroxylation sites is 1. The van der Waals surface area contributed by atoms with Crippen LogP contribution in [0.25, 0.3) is 0 Å². The van der Waals surface area contributed by atoms with Crippen LogP contribution in [0.5, 0.6) is 0 Å². The van der Waals surface area contributed by atoms with Crippen molar-refractivity contribution in [3.8, 4) is 0 Å². The molecule has 6 heteroatoms. The molecule has 0 aromatic heterocycles. The van der Waals surface area contributed by atoms with E-state index in [0.717, 1.165) is 21.4 Å². The third kappa shape index (κ3) is 3.89. The number of halogens is 3. The molecule has 0 saturated carbocycles. The lowest BCUT2D eigenvalue weighted by Gasteiger charge is -2.09. The van der Waals surface area contributed by atoms with Gasteiger partial charge in [-0.25, -0.2) is 8.78 Å². The second-order valence-corrected chi connectivity index (χ2v) is 5.25. The summed E-state index contributed by atoms with van der Waals surface area (Å²) >= 11 is 2.15. The van der Waals surface area contributed by atoms with Gasteiger partial charge in [-0.05, 0) is 52.9 Å². The van der Waals surface area contributed by atoms with Crippen LogP contribution in [-0.4, -0.2) is 12.5 Å². The first-order chi connectivity index (χ1) is 9.56. The van der Waals surface area contributed by atoms with Crippen molar-refractivity contribution in [1.82, 2.24) is 0 Å². The van der Waals surface area contributed by atoms with Crippen LogP contribution < -0.4 is 10.6 Å². The molecule has 0 aliphatic heterocycles. The molecule has 2 aromatic rings. The van der Waals surface area contributed by atoms with Gasteiger partial charge in [0, 0.05) is 9.26 Å². The van der Waals surface area contributed by atoms with Crippen LogP contribution in [-0.2, 0) is 4.79 Å². The summed E-state index contributed by atoms with van der Waals surface area (Å²) in [5.41, 5.74) is 0.336. The molecule has 0 heterocycles.